The average molecular weight is 456 g/mol. The van der Waals surface area contributed by atoms with Crippen molar-refractivity contribution in [2.75, 3.05) is 31.1 Å². The summed E-state index contributed by atoms with van der Waals surface area (Å²) in [4.78, 5) is 16.2. The first-order chi connectivity index (χ1) is 14.2. The Morgan fingerprint density at radius 3 is 2.16 bits per heavy atom. The van der Waals surface area contributed by atoms with Crippen molar-refractivity contribution in [3.8, 4) is 0 Å². The topological polar surface area (TPSA) is 61.9 Å². The molecule has 176 valence electrons. The molecule has 0 aromatic heterocycles. The van der Waals surface area contributed by atoms with Gasteiger partial charge in [0.05, 0.1) is 15.7 Å². The van der Waals surface area contributed by atoms with Gasteiger partial charge in [-0.2, -0.15) is 0 Å². The van der Waals surface area contributed by atoms with Gasteiger partial charge >= 0.3 is 6.09 Å². The summed E-state index contributed by atoms with van der Waals surface area (Å²) in [5.41, 5.74) is 1.16. The zero-order valence-corrected chi connectivity index (χ0v) is 20.9. The third-order valence-corrected chi connectivity index (χ3v) is 6.63. The maximum Gasteiger partial charge on any atom is 0.410 e. The average Bonchev–Trinajstić information content (AvgIpc) is 2.63. The molecule has 8 heteroatoms. The lowest BCUT2D eigenvalue weighted by Crippen LogP contribution is -2.50. The van der Waals surface area contributed by atoms with Crippen LogP contribution in [0.3, 0.4) is 0 Å². The van der Waals surface area contributed by atoms with Gasteiger partial charge in [-0.25, -0.2) is 18.1 Å². The molecule has 1 fully saturated rings. The van der Waals surface area contributed by atoms with E-state index in [0.29, 0.717) is 26.2 Å². The van der Waals surface area contributed by atoms with Crippen molar-refractivity contribution in [1.29, 1.82) is 0 Å². The number of ether oxygens (including phenoxy) is 1. The van der Waals surface area contributed by atoms with Crippen LogP contribution < -0.4 is 9.62 Å². The highest BCUT2D eigenvalue weighted by atomic mass is 32.2. The molecule has 0 spiro atoms. The summed E-state index contributed by atoms with van der Waals surface area (Å²) < 4.78 is 35.3. The monoisotopic (exact) mass is 455 g/mol. The fraction of sp³-hybridized carbons (Fsp3) is 0.696. The number of hydrogen-bond acceptors (Lipinski definition) is 4. The molecule has 1 aliphatic heterocycles. The van der Waals surface area contributed by atoms with Crippen LogP contribution in [0.2, 0.25) is 0 Å². The first-order valence-corrected chi connectivity index (χ1v) is 12.0. The van der Waals surface area contributed by atoms with Crippen LogP contribution in [0.15, 0.2) is 18.2 Å². The summed E-state index contributed by atoms with van der Waals surface area (Å²) in [5.74, 6) is -0.213. The number of amides is 1. The van der Waals surface area contributed by atoms with Gasteiger partial charge in [0.15, 0.2) is 0 Å². The molecule has 1 aliphatic rings. The Hall–Kier alpha value is -1.67. The van der Waals surface area contributed by atoms with Gasteiger partial charge in [-0.3, -0.25) is 0 Å². The molecule has 1 aromatic rings. The predicted molar refractivity (Wildman–Crippen MR) is 125 cm³/mol. The van der Waals surface area contributed by atoms with Crippen molar-refractivity contribution in [3.05, 3.63) is 29.6 Å². The Morgan fingerprint density at radius 1 is 1.10 bits per heavy atom. The van der Waals surface area contributed by atoms with Crippen molar-refractivity contribution in [3.63, 3.8) is 0 Å². The molecular formula is C23H38FN3O3S. The number of benzene rings is 1. The molecule has 0 radical (unpaired) electrons. The lowest BCUT2D eigenvalue weighted by Gasteiger charge is -2.38. The number of hydrogen-bond donors (Lipinski definition) is 1. The summed E-state index contributed by atoms with van der Waals surface area (Å²) >= 11 is 0. The summed E-state index contributed by atoms with van der Waals surface area (Å²) in [7, 11) is -1.29. The molecule has 0 bridgehead atoms. The van der Waals surface area contributed by atoms with Gasteiger partial charge < -0.3 is 14.5 Å². The van der Waals surface area contributed by atoms with E-state index in [1.807, 2.05) is 55.4 Å². The molecule has 1 amide bonds. The Balaban J connectivity index is 2.23. The van der Waals surface area contributed by atoms with Crippen LogP contribution in [-0.4, -0.2) is 51.7 Å². The van der Waals surface area contributed by atoms with Crippen LogP contribution in [0.25, 0.3) is 0 Å². The molecule has 1 N–H and O–H groups in total. The minimum atomic E-state index is -1.29. The van der Waals surface area contributed by atoms with E-state index < -0.39 is 21.3 Å². The number of rotatable bonds is 5. The first kappa shape index (κ1) is 25.6. The van der Waals surface area contributed by atoms with Crippen LogP contribution in [0.5, 0.6) is 0 Å². The zero-order chi connectivity index (χ0) is 23.6. The molecule has 2 rings (SSSR count). The third kappa shape index (κ3) is 7.17. The maximum atomic E-state index is 14.2. The number of carbonyl (C=O) groups excluding carboxylic acids is 1. The molecule has 2 atom stereocenters. The van der Waals surface area contributed by atoms with Gasteiger partial charge in [0.25, 0.3) is 0 Å². The predicted octanol–water partition coefficient (Wildman–Crippen LogP) is 4.63. The van der Waals surface area contributed by atoms with E-state index in [0.717, 1.165) is 11.3 Å². The van der Waals surface area contributed by atoms with Gasteiger partial charge in [-0.1, -0.05) is 13.8 Å². The Morgan fingerprint density at radius 2 is 1.68 bits per heavy atom. The molecule has 0 saturated carbocycles. The van der Waals surface area contributed by atoms with Gasteiger partial charge in [-0.05, 0) is 71.2 Å². The van der Waals surface area contributed by atoms with Crippen molar-refractivity contribution < 1.29 is 18.1 Å². The Bertz CT molecular complexity index is 794. The summed E-state index contributed by atoms with van der Waals surface area (Å²) in [6.45, 7) is 17.7. The van der Waals surface area contributed by atoms with Gasteiger partial charge in [-0.15, -0.1) is 0 Å². The molecule has 31 heavy (non-hydrogen) atoms. The molecule has 0 unspecified atom stereocenters. The first-order valence-electron chi connectivity index (χ1n) is 10.9. The number of carbonyl (C=O) groups is 1. The standard InChI is InChI=1S/C23H38FN3O3S/c1-16(2)20(25-31(29)23(6,7)8)18-15-17(24)9-10-19(18)26-11-13-27(14-12-26)21(28)30-22(3,4)5/h9-10,15-16,20,25H,11-14H2,1-8H3/t20-,31-/m0/s1. The maximum absolute atomic E-state index is 14.2. The molecular weight excluding hydrogens is 417 g/mol. The van der Waals surface area contributed by atoms with E-state index in [-0.39, 0.29) is 23.9 Å². The lowest BCUT2D eigenvalue weighted by atomic mass is 9.94. The molecule has 1 saturated heterocycles. The van der Waals surface area contributed by atoms with Crippen molar-refractivity contribution >= 4 is 22.8 Å². The second-order valence-electron chi connectivity index (χ2n) is 10.4. The Kier molecular flexibility index (Phi) is 8.14. The van der Waals surface area contributed by atoms with Crippen LogP contribution in [0, 0.1) is 11.7 Å². The zero-order valence-electron chi connectivity index (χ0n) is 20.1. The van der Waals surface area contributed by atoms with E-state index in [1.54, 1.807) is 11.0 Å². The minimum Gasteiger partial charge on any atom is -0.444 e. The number of nitrogens with one attached hydrogen (secondary N) is 1. The number of nitrogens with zero attached hydrogens (tertiary/aromatic N) is 2. The van der Waals surface area contributed by atoms with Gasteiger partial charge in [0.1, 0.15) is 11.4 Å². The minimum absolute atomic E-state index is 0.106. The summed E-state index contributed by atoms with van der Waals surface area (Å²) in [5, 5.41) is 0. The number of anilines is 1. The highest BCUT2D eigenvalue weighted by molar-refractivity contribution is 7.84. The summed E-state index contributed by atoms with van der Waals surface area (Å²) in [6.07, 6.45) is -0.311. The largest absolute Gasteiger partial charge is 0.444 e. The van der Waals surface area contributed by atoms with Gasteiger partial charge in [0.2, 0.25) is 0 Å². The van der Waals surface area contributed by atoms with Crippen LogP contribution in [0.1, 0.15) is 67.0 Å². The van der Waals surface area contributed by atoms with Crippen molar-refractivity contribution in [1.82, 2.24) is 9.62 Å². The fourth-order valence-corrected chi connectivity index (χ4v) is 4.35. The smallest absolute Gasteiger partial charge is 0.410 e. The lowest BCUT2D eigenvalue weighted by molar-refractivity contribution is 0.0240. The van der Waals surface area contributed by atoms with Gasteiger partial charge in [0, 0.05) is 37.9 Å². The highest BCUT2D eigenvalue weighted by Crippen LogP contribution is 2.33. The van der Waals surface area contributed by atoms with E-state index in [4.69, 9.17) is 4.74 Å². The highest BCUT2D eigenvalue weighted by Gasteiger charge is 2.30. The fourth-order valence-electron chi connectivity index (χ4n) is 3.37. The second kappa shape index (κ2) is 9.86. The summed E-state index contributed by atoms with van der Waals surface area (Å²) in [6, 6.07) is 4.50. The second-order valence-corrected chi connectivity index (χ2v) is 12.4. The molecule has 1 heterocycles. The van der Waals surface area contributed by atoms with E-state index in [1.165, 1.54) is 12.1 Å². The van der Waals surface area contributed by atoms with Crippen molar-refractivity contribution in [2.24, 2.45) is 5.92 Å². The van der Waals surface area contributed by atoms with Crippen molar-refractivity contribution in [2.45, 2.75) is 71.8 Å². The molecule has 6 nitrogen and oxygen atoms in total. The number of halogens is 1. The van der Waals surface area contributed by atoms with E-state index in [2.05, 4.69) is 9.62 Å². The van der Waals surface area contributed by atoms with Crippen LogP contribution in [-0.2, 0) is 15.7 Å². The normalized spacial score (nSPS) is 17.6. The van der Waals surface area contributed by atoms with E-state index in [9.17, 15) is 13.4 Å². The third-order valence-electron chi connectivity index (χ3n) is 5.05. The quantitative estimate of drug-likeness (QED) is 0.703. The van der Waals surface area contributed by atoms with Crippen LogP contribution in [0.4, 0.5) is 14.9 Å². The Labute approximate surface area is 189 Å². The van der Waals surface area contributed by atoms with E-state index >= 15 is 0 Å². The molecule has 0 aliphatic carbocycles. The SMILES string of the molecule is CC(C)[C@H](N[S@@](=O)C(C)(C)C)c1cc(F)ccc1N1CCN(C(=O)OC(C)(C)C)CC1. The number of piperazine rings is 1. The van der Waals surface area contributed by atoms with Crippen LogP contribution >= 0.6 is 0 Å². The molecule has 1 aromatic carbocycles.